The fraction of sp³-hybridized carbons (Fsp3) is 0.533. The molecule has 0 saturated heterocycles. The van der Waals surface area contributed by atoms with Crippen molar-refractivity contribution >= 4 is 27.5 Å². The van der Waals surface area contributed by atoms with Crippen molar-refractivity contribution in [2.45, 2.75) is 44.4 Å². The van der Waals surface area contributed by atoms with Gasteiger partial charge in [-0.1, -0.05) is 37.8 Å². The molecule has 3 heteroatoms. The monoisotopic (exact) mass is 307 g/mol. The van der Waals surface area contributed by atoms with Crippen LogP contribution in [0.5, 0.6) is 0 Å². The molecule has 2 nitrogen and oxygen atoms in total. The zero-order chi connectivity index (χ0) is 12.5. The van der Waals surface area contributed by atoms with Crippen LogP contribution in [0.2, 0.25) is 0 Å². The minimum atomic E-state index is 0.0793. The Morgan fingerprint density at radius 3 is 2.56 bits per heavy atom. The molecular formula is C15H18BrNO. The molecule has 1 atom stereocenters. The number of rotatable bonds is 1. The molecule has 1 aliphatic heterocycles. The molecule has 0 aromatic heterocycles. The fourth-order valence-electron chi connectivity index (χ4n) is 3.39. The number of halogens is 1. The van der Waals surface area contributed by atoms with Gasteiger partial charge in [0.05, 0.1) is 11.6 Å². The summed E-state index contributed by atoms with van der Waals surface area (Å²) in [4.78, 5) is 12.3. The highest BCUT2D eigenvalue weighted by Gasteiger charge is 2.37. The molecule has 2 aliphatic rings. The van der Waals surface area contributed by atoms with Gasteiger partial charge in [-0.25, -0.2) is 0 Å². The van der Waals surface area contributed by atoms with Crippen LogP contribution in [-0.4, -0.2) is 5.91 Å². The second kappa shape index (κ2) is 5.04. The molecule has 1 N–H and O–H groups in total. The van der Waals surface area contributed by atoms with E-state index in [1.807, 2.05) is 12.1 Å². The van der Waals surface area contributed by atoms with E-state index in [1.54, 1.807) is 0 Å². The summed E-state index contributed by atoms with van der Waals surface area (Å²) in [5, 5.41) is 3.05. The maximum Gasteiger partial charge on any atom is 0.232 e. The van der Waals surface area contributed by atoms with Crippen molar-refractivity contribution in [1.29, 1.82) is 0 Å². The van der Waals surface area contributed by atoms with E-state index in [0.29, 0.717) is 5.92 Å². The third-order valence-electron chi connectivity index (χ3n) is 4.28. The van der Waals surface area contributed by atoms with E-state index in [1.165, 1.54) is 44.1 Å². The summed E-state index contributed by atoms with van der Waals surface area (Å²) in [6, 6.07) is 6.13. The first-order valence-corrected chi connectivity index (χ1v) is 7.66. The lowest BCUT2D eigenvalue weighted by Gasteiger charge is -2.20. The largest absolute Gasteiger partial charge is 0.324 e. The van der Waals surface area contributed by atoms with Gasteiger partial charge >= 0.3 is 0 Å². The zero-order valence-electron chi connectivity index (χ0n) is 10.4. The van der Waals surface area contributed by atoms with Crippen LogP contribution in [0, 0.1) is 5.92 Å². The normalized spacial score (nSPS) is 24.5. The maximum atomic E-state index is 12.3. The Kier molecular flexibility index (Phi) is 3.42. The van der Waals surface area contributed by atoms with Crippen molar-refractivity contribution in [3.8, 4) is 0 Å². The van der Waals surface area contributed by atoms with Gasteiger partial charge < -0.3 is 5.32 Å². The van der Waals surface area contributed by atoms with Gasteiger partial charge in [-0.3, -0.25) is 4.79 Å². The van der Waals surface area contributed by atoms with Crippen molar-refractivity contribution in [3.63, 3.8) is 0 Å². The Morgan fingerprint density at radius 2 is 1.83 bits per heavy atom. The molecule has 0 radical (unpaired) electrons. The van der Waals surface area contributed by atoms with E-state index in [4.69, 9.17) is 0 Å². The lowest BCUT2D eigenvalue weighted by Crippen LogP contribution is -2.20. The second-order valence-electron chi connectivity index (χ2n) is 5.42. The van der Waals surface area contributed by atoms with Gasteiger partial charge in [-0.15, -0.1) is 0 Å². The molecule has 0 spiro atoms. The molecule has 1 aromatic carbocycles. The highest BCUT2D eigenvalue weighted by atomic mass is 79.9. The molecule has 1 saturated carbocycles. The van der Waals surface area contributed by atoms with Gasteiger partial charge in [0.2, 0.25) is 5.91 Å². The smallest absolute Gasteiger partial charge is 0.232 e. The molecule has 3 rings (SSSR count). The van der Waals surface area contributed by atoms with Crippen LogP contribution in [0.4, 0.5) is 5.69 Å². The maximum absolute atomic E-state index is 12.3. The molecular weight excluding hydrogens is 290 g/mol. The van der Waals surface area contributed by atoms with Gasteiger partial charge in [0.1, 0.15) is 0 Å². The number of anilines is 1. The molecule has 1 fully saturated rings. The van der Waals surface area contributed by atoms with Crippen molar-refractivity contribution in [2.75, 3.05) is 5.32 Å². The van der Waals surface area contributed by atoms with E-state index in [2.05, 4.69) is 27.3 Å². The molecule has 1 unspecified atom stereocenters. The summed E-state index contributed by atoms with van der Waals surface area (Å²) in [5.74, 6) is 0.808. The van der Waals surface area contributed by atoms with Gasteiger partial charge in [-0.2, -0.15) is 0 Å². The number of carbonyl (C=O) groups is 1. The number of amides is 1. The summed E-state index contributed by atoms with van der Waals surface area (Å²) in [7, 11) is 0. The Morgan fingerprint density at radius 1 is 1.11 bits per heavy atom. The molecule has 1 aromatic rings. The SMILES string of the molecule is O=C1Nc2c(Br)cccc2C1C1CCCCCC1. The average molecular weight is 308 g/mol. The van der Waals surface area contributed by atoms with E-state index in [9.17, 15) is 4.79 Å². The first kappa shape index (κ1) is 12.2. The molecule has 1 amide bonds. The number of para-hydroxylation sites is 1. The third kappa shape index (κ3) is 2.09. The van der Waals surface area contributed by atoms with E-state index in [-0.39, 0.29) is 11.8 Å². The van der Waals surface area contributed by atoms with Crippen molar-refractivity contribution in [2.24, 2.45) is 5.92 Å². The zero-order valence-corrected chi connectivity index (χ0v) is 12.0. The predicted octanol–water partition coefficient (Wildman–Crippen LogP) is 4.46. The summed E-state index contributed by atoms with van der Waals surface area (Å²) in [5.41, 5.74) is 2.19. The fourth-order valence-corrected chi connectivity index (χ4v) is 3.87. The summed E-state index contributed by atoms with van der Waals surface area (Å²) in [6.45, 7) is 0. The number of hydrogen-bond donors (Lipinski definition) is 1. The van der Waals surface area contributed by atoms with Crippen molar-refractivity contribution < 1.29 is 4.79 Å². The van der Waals surface area contributed by atoms with Crippen LogP contribution in [0.3, 0.4) is 0 Å². The van der Waals surface area contributed by atoms with Gasteiger partial charge in [0, 0.05) is 4.47 Å². The molecule has 0 bridgehead atoms. The standard InChI is InChI=1S/C15H18BrNO/c16-12-9-5-8-11-13(15(18)17-14(11)12)10-6-3-1-2-4-7-10/h5,8-10,13H,1-4,6-7H2,(H,17,18). The minimum absolute atomic E-state index is 0.0793. The summed E-state index contributed by atoms with van der Waals surface area (Å²) in [6.07, 6.45) is 7.61. The predicted molar refractivity (Wildman–Crippen MR) is 76.7 cm³/mol. The van der Waals surface area contributed by atoms with Gasteiger partial charge in [0.25, 0.3) is 0 Å². The third-order valence-corrected chi connectivity index (χ3v) is 4.94. The van der Waals surface area contributed by atoms with E-state index in [0.717, 1.165) is 10.2 Å². The highest BCUT2D eigenvalue weighted by molar-refractivity contribution is 9.10. The Hall–Kier alpha value is -0.830. The number of hydrogen-bond acceptors (Lipinski definition) is 1. The average Bonchev–Trinajstić information content (AvgIpc) is 2.54. The molecule has 18 heavy (non-hydrogen) atoms. The van der Waals surface area contributed by atoms with Crippen molar-refractivity contribution in [3.05, 3.63) is 28.2 Å². The lowest BCUT2D eigenvalue weighted by molar-refractivity contribution is -0.118. The summed E-state index contributed by atoms with van der Waals surface area (Å²) >= 11 is 3.53. The minimum Gasteiger partial charge on any atom is -0.324 e. The number of fused-ring (bicyclic) bond motifs is 1. The number of benzene rings is 1. The number of carbonyl (C=O) groups excluding carboxylic acids is 1. The molecule has 1 heterocycles. The second-order valence-corrected chi connectivity index (χ2v) is 6.28. The van der Waals surface area contributed by atoms with Crippen LogP contribution >= 0.6 is 15.9 Å². The Labute approximate surface area is 116 Å². The topological polar surface area (TPSA) is 29.1 Å². The Balaban J connectivity index is 1.93. The number of nitrogens with one attached hydrogen (secondary N) is 1. The van der Waals surface area contributed by atoms with Crippen LogP contribution in [-0.2, 0) is 4.79 Å². The van der Waals surface area contributed by atoms with Crippen LogP contribution < -0.4 is 5.32 Å². The first-order chi connectivity index (χ1) is 8.77. The van der Waals surface area contributed by atoms with E-state index >= 15 is 0 Å². The van der Waals surface area contributed by atoms with Gasteiger partial charge in [0.15, 0.2) is 0 Å². The van der Waals surface area contributed by atoms with Gasteiger partial charge in [-0.05, 0) is 46.3 Å². The lowest BCUT2D eigenvalue weighted by atomic mass is 9.82. The molecule has 96 valence electrons. The summed E-state index contributed by atoms with van der Waals surface area (Å²) < 4.78 is 1.00. The quantitative estimate of drug-likeness (QED) is 0.763. The van der Waals surface area contributed by atoms with Crippen LogP contribution in [0.25, 0.3) is 0 Å². The van der Waals surface area contributed by atoms with Crippen molar-refractivity contribution in [1.82, 2.24) is 0 Å². The highest BCUT2D eigenvalue weighted by Crippen LogP contribution is 2.44. The van der Waals surface area contributed by atoms with Crippen LogP contribution in [0.1, 0.15) is 50.0 Å². The Bertz CT molecular complexity index is 464. The van der Waals surface area contributed by atoms with E-state index < -0.39 is 0 Å². The first-order valence-electron chi connectivity index (χ1n) is 6.86. The molecule has 1 aliphatic carbocycles. The van der Waals surface area contributed by atoms with Crippen LogP contribution in [0.15, 0.2) is 22.7 Å².